The summed E-state index contributed by atoms with van der Waals surface area (Å²) in [5.74, 6) is -0.528. The van der Waals surface area contributed by atoms with Crippen molar-refractivity contribution in [1.82, 2.24) is 10.2 Å². The highest BCUT2D eigenvalue weighted by Crippen LogP contribution is 2.18. The van der Waals surface area contributed by atoms with Gasteiger partial charge in [-0.25, -0.2) is 4.39 Å². The highest BCUT2D eigenvalue weighted by Gasteiger charge is 2.26. The Bertz CT molecular complexity index is 826. The highest BCUT2D eigenvalue weighted by molar-refractivity contribution is 5.92. The van der Waals surface area contributed by atoms with Gasteiger partial charge in [0.2, 0.25) is 11.8 Å². The molecule has 28 heavy (non-hydrogen) atoms. The van der Waals surface area contributed by atoms with Crippen molar-refractivity contribution in [2.75, 3.05) is 25.0 Å². The van der Waals surface area contributed by atoms with Gasteiger partial charge in [-0.05, 0) is 55.6 Å². The van der Waals surface area contributed by atoms with Gasteiger partial charge in [-0.3, -0.25) is 14.5 Å². The molecule has 5 nitrogen and oxygen atoms in total. The van der Waals surface area contributed by atoms with Gasteiger partial charge in [0.25, 0.3) is 0 Å². The van der Waals surface area contributed by atoms with Gasteiger partial charge < -0.3 is 10.6 Å². The van der Waals surface area contributed by atoms with Crippen LogP contribution in [0.1, 0.15) is 24.0 Å². The Morgan fingerprint density at radius 2 is 1.96 bits per heavy atom. The number of nitrogens with one attached hydrogen (secondary N) is 2. The first-order chi connectivity index (χ1) is 13.5. The smallest absolute Gasteiger partial charge is 0.234 e. The van der Waals surface area contributed by atoms with E-state index in [0.717, 1.165) is 30.6 Å². The second-order valence-electron chi connectivity index (χ2n) is 7.29. The van der Waals surface area contributed by atoms with E-state index in [2.05, 4.69) is 10.6 Å². The molecule has 1 saturated heterocycles. The summed E-state index contributed by atoms with van der Waals surface area (Å²) in [5.41, 5.74) is 2.10. The number of piperidine rings is 1. The molecule has 1 aliphatic heterocycles. The van der Waals surface area contributed by atoms with Crippen LogP contribution in [0.15, 0.2) is 48.5 Å². The molecule has 0 radical (unpaired) electrons. The topological polar surface area (TPSA) is 61.4 Å². The van der Waals surface area contributed by atoms with Crippen LogP contribution in [0.5, 0.6) is 0 Å². The van der Waals surface area contributed by atoms with Crippen molar-refractivity contribution in [1.29, 1.82) is 0 Å². The molecule has 0 spiro atoms. The van der Waals surface area contributed by atoms with Crippen LogP contribution in [0.2, 0.25) is 0 Å². The Morgan fingerprint density at radius 1 is 1.18 bits per heavy atom. The lowest BCUT2D eigenvalue weighted by Gasteiger charge is -2.31. The third-order valence-electron chi connectivity index (χ3n) is 5.01. The van der Waals surface area contributed by atoms with Crippen LogP contribution in [0.25, 0.3) is 0 Å². The Labute approximate surface area is 164 Å². The number of amides is 2. The van der Waals surface area contributed by atoms with Gasteiger partial charge in [-0.15, -0.1) is 0 Å². The lowest BCUT2D eigenvalue weighted by Crippen LogP contribution is -2.45. The summed E-state index contributed by atoms with van der Waals surface area (Å²) >= 11 is 0. The number of nitrogens with zero attached hydrogens (tertiary/aromatic N) is 1. The van der Waals surface area contributed by atoms with E-state index in [0.29, 0.717) is 18.7 Å². The summed E-state index contributed by atoms with van der Waals surface area (Å²) in [6.07, 6.45) is 1.70. The fourth-order valence-corrected chi connectivity index (χ4v) is 3.38. The van der Waals surface area contributed by atoms with Gasteiger partial charge in [-0.1, -0.05) is 30.3 Å². The molecule has 0 aromatic heterocycles. The van der Waals surface area contributed by atoms with Crippen LogP contribution in [0, 0.1) is 18.7 Å². The summed E-state index contributed by atoms with van der Waals surface area (Å²) in [7, 11) is 0. The minimum Gasteiger partial charge on any atom is -0.351 e. The number of hydrogen-bond donors (Lipinski definition) is 2. The van der Waals surface area contributed by atoms with Crippen LogP contribution >= 0.6 is 0 Å². The van der Waals surface area contributed by atoms with Gasteiger partial charge in [0.05, 0.1) is 12.5 Å². The molecule has 0 bridgehead atoms. The van der Waals surface area contributed by atoms with Gasteiger partial charge >= 0.3 is 0 Å². The number of halogens is 1. The predicted octanol–water partition coefficient (Wildman–Crippen LogP) is 3.10. The zero-order chi connectivity index (χ0) is 19.9. The molecule has 2 aromatic rings. The Kier molecular flexibility index (Phi) is 6.76. The van der Waals surface area contributed by atoms with Crippen molar-refractivity contribution in [2.45, 2.75) is 26.3 Å². The maximum atomic E-state index is 13.6. The van der Waals surface area contributed by atoms with Crippen LogP contribution in [-0.2, 0) is 16.1 Å². The highest BCUT2D eigenvalue weighted by atomic mass is 19.1. The summed E-state index contributed by atoms with van der Waals surface area (Å²) in [5, 5.41) is 5.77. The third-order valence-corrected chi connectivity index (χ3v) is 5.01. The first-order valence-corrected chi connectivity index (χ1v) is 9.61. The largest absolute Gasteiger partial charge is 0.351 e. The van der Waals surface area contributed by atoms with Crippen LogP contribution in [0.3, 0.4) is 0 Å². The molecule has 3 rings (SSSR count). The lowest BCUT2D eigenvalue weighted by atomic mass is 9.97. The normalized spacial score (nSPS) is 17.1. The Morgan fingerprint density at radius 3 is 2.71 bits per heavy atom. The van der Waals surface area contributed by atoms with Gasteiger partial charge in [0, 0.05) is 18.8 Å². The molecule has 6 heteroatoms. The van der Waals surface area contributed by atoms with Crippen molar-refractivity contribution < 1.29 is 14.0 Å². The molecule has 1 heterocycles. The van der Waals surface area contributed by atoms with Crippen molar-refractivity contribution in [3.05, 3.63) is 65.5 Å². The van der Waals surface area contributed by atoms with Crippen LogP contribution < -0.4 is 10.6 Å². The zero-order valence-corrected chi connectivity index (χ0v) is 16.1. The molecule has 2 amide bonds. The fourth-order valence-electron chi connectivity index (χ4n) is 3.38. The number of para-hydroxylation sites is 1. The molecule has 1 unspecified atom stereocenters. The average molecular weight is 383 g/mol. The first kappa shape index (κ1) is 20.0. The van der Waals surface area contributed by atoms with Crippen molar-refractivity contribution in [3.63, 3.8) is 0 Å². The maximum Gasteiger partial charge on any atom is 0.234 e. The number of anilines is 1. The van der Waals surface area contributed by atoms with Gasteiger partial charge in [-0.2, -0.15) is 0 Å². The molecule has 1 fully saturated rings. The number of benzene rings is 2. The van der Waals surface area contributed by atoms with E-state index in [1.807, 2.05) is 41.3 Å². The fraction of sp³-hybridized carbons (Fsp3) is 0.364. The molecule has 148 valence electrons. The molecule has 2 N–H and O–H groups in total. The van der Waals surface area contributed by atoms with Crippen molar-refractivity contribution in [2.24, 2.45) is 5.92 Å². The van der Waals surface area contributed by atoms with E-state index in [-0.39, 0.29) is 30.1 Å². The van der Waals surface area contributed by atoms with Crippen LogP contribution in [-0.4, -0.2) is 36.3 Å². The summed E-state index contributed by atoms with van der Waals surface area (Å²) in [6, 6.07) is 14.3. The minimum atomic E-state index is -0.268. The summed E-state index contributed by atoms with van der Waals surface area (Å²) < 4.78 is 13.6. The maximum absolute atomic E-state index is 13.6. The van der Waals surface area contributed by atoms with Crippen molar-refractivity contribution in [3.8, 4) is 0 Å². The Hall–Kier alpha value is -2.73. The van der Waals surface area contributed by atoms with E-state index in [1.165, 1.54) is 6.07 Å². The number of hydrogen-bond acceptors (Lipinski definition) is 3. The number of likely N-dealkylation sites (tertiary alicyclic amines) is 1. The molecule has 1 aliphatic rings. The summed E-state index contributed by atoms with van der Waals surface area (Å²) in [4.78, 5) is 26.8. The number of carbonyl (C=O) groups excluding carboxylic acids is 2. The standard InChI is InChI=1S/C22H26FN3O2/c1-16-9-10-17(12-20(16)23)13-24-21(27)15-26-11-5-6-18(14-26)22(28)25-19-7-3-2-4-8-19/h2-4,7-10,12,18H,5-6,11,13-15H2,1H3,(H,24,27)(H,25,28). The van der Waals surface area contributed by atoms with Gasteiger partial charge in [0.1, 0.15) is 5.82 Å². The first-order valence-electron chi connectivity index (χ1n) is 9.61. The summed E-state index contributed by atoms with van der Waals surface area (Å²) in [6.45, 7) is 3.59. The molecular formula is C22H26FN3O2. The van der Waals surface area contributed by atoms with E-state index in [9.17, 15) is 14.0 Å². The number of carbonyl (C=O) groups is 2. The predicted molar refractivity (Wildman–Crippen MR) is 107 cm³/mol. The molecule has 2 aromatic carbocycles. The third kappa shape index (κ3) is 5.63. The number of rotatable bonds is 6. The molecule has 0 saturated carbocycles. The molecule has 1 atom stereocenters. The lowest BCUT2D eigenvalue weighted by molar-refractivity contribution is -0.125. The quantitative estimate of drug-likeness (QED) is 0.806. The van der Waals surface area contributed by atoms with Crippen LogP contribution in [0.4, 0.5) is 10.1 Å². The van der Waals surface area contributed by atoms with E-state index in [1.54, 1.807) is 13.0 Å². The van der Waals surface area contributed by atoms with E-state index < -0.39 is 0 Å². The number of aryl methyl sites for hydroxylation is 1. The zero-order valence-electron chi connectivity index (χ0n) is 16.1. The Balaban J connectivity index is 1.46. The second-order valence-corrected chi connectivity index (χ2v) is 7.29. The molecule has 0 aliphatic carbocycles. The second kappa shape index (κ2) is 9.46. The van der Waals surface area contributed by atoms with E-state index >= 15 is 0 Å². The van der Waals surface area contributed by atoms with E-state index in [4.69, 9.17) is 0 Å². The average Bonchev–Trinajstić information content (AvgIpc) is 2.70. The monoisotopic (exact) mass is 383 g/mol. The molecular weight excluding hydrogens is 357 g/mol. The minimum absolute atomic E-state index is 0.00793. The SMILES string of the molecule is Cc1ccc(CNC(=O)CN2CCCC(C(=O)Nc3ccccc3)C2)cc1F. The van der Waals surface area contributed by atoms with Gasteiger partial charge in [0.15, 0.2) is 0 Å². The van der Waals surface area contributed by atoms with Crippen molar-refractivity contribution >= 4 is 17.5 Å².